The summed E-state index contributed by atoms with van der Waals surface area (Å²) in [5.41, 5.74) is 0.523. The molecule has 3 heterocycles. The molecule has 15 heteroatoms. The number of benzene rings is 1. The van der Waals surface area contributed by atoms with Gasteiger partial charge in [0.15, 0.2) is 0 Å². The molecule has 1 aliphatic rings. The topological polar surface area (TPSA) is 119 Å². The Hall–Kier alpha value is -4.69. The van der Waals surface area contributed by atoms with Crippen molar-refractivity contribution in [1.82, 2.24) is 15.0 Å². The molecule has 11 nitrogen and oxygen atoms in total. The molecule has 3 aromatic rings. The Labute approximate surface area is 276 Å². The average Bonchev–Trinajstić information content (AvgIpc) is 3.08. The number of esters is 1. The van der Waals surface area contributed by atoms with E-state index in [1.165, 1.54) is 30.5 Å². The Morgan fingerprint density at radius 3 is 2.38 bits per heavy atom. The molecule has 1 aromatic carbocycles. The maximum absolute atomic E-state index is 13.8. The van der Waals surface area contributed by atoms with Crippen LogP contribution in [-0.4, -0.2) is 59.9 Å². The van der Waals surface area contributed by atoms with Gasteiger partial charge in [0.1, 0.15) is 6.67 Å². The summed E-state index contributed by atoms with van der Waals surface area (Å²) in [5.74, 6) is 0.141. The van der Waals surface area contributed by atoms with Crippen molar-refractivity contribution in [2.45, 2.75) is 77.9 Å². The molecule has 0 spiro atoms. The molecule has 4 rings (SSSR count). The van der Waals surface area contributed by atoms with E-state index in [-0.39, 0.29) is 54.5 Å². The molecule has 2 aromatic heterocycles. The number of fused-ring (bicyclic) bond motifs is 1. The van der Waals surface area contributed by atoms with E-state index in [2.05, 4.69) is 20.3 Å². The van der Waals surface area contributed by atoms with E-state index in [1.807, 2.05) is 6.92 Å². The van der Waals surface area contributed by atoms with E-state index in [9.17, 15) is 27.2 Å². The highest BCUT2D eigenvalue weighted by atomic mass is 19.4. The largest absolute Gasteiger partial charge is 0.481 e. The maximum atomic E-state index is 13.8. The van der Waals surface area contributed by atoms with Crippen LogP contribution in [0.1, 0.15) is 74.9 Å². The van der Waals surface area contributed by atoms with Crippen LogP contribution in [-0.2, 0) is 33.7 Å². The van der Waals surface area contributed by atoms with Gasteiger partial charge in [0.05, 0.1) is 61.4 Å². The zero-order valence-corrected chi connectivity index (χ0v) is 27.3. The number of alkyl halides is 4. The molecule has 1 N–H and O–H groups in total. The zero-order chi connectivity index (χ0) is 34.8. The molecule has 0 radical (unpaired) electrons. The number of methoxy groups -OCH3 is 1. The van der Waals surface area contributed by atoms with Crippen LogP contribution in [0.3, 0.4) is 0 Å². The highest BCUT2D eigenvalue weighted by molar-refractivity contribution is 5.90. The first-order valence-corrected chi connectivity index (χ1v) is 15.8. The minimum Gasteiger partial charge on any atom is -0.481 e. The highest BCUT2D eigenvalue weighted by Gasteiger charge is 2.41. The van der Waals surface area contributed by atoms with E-state index in [4.69, 9.17) is 14.2 Å². The van der Waals surface area contributed by atoms with Crippen LogP contribution in [0.25, 0.3) is 0 Å². The molecule has 0 unspecified atom stereocenters. The molecule has 0 aliphatic carbocycles. The monoisotopic (exact) mass is 676 g/mol. The number of halogens is 4. The molecule has 260 valence electrons. The lowest BCUT2D eigenvalue weighted by Crippen LogP contribution is -2.48. The first-order chi connectivity index (χ1) is 23.0. The number of hydrogen-bond donors (Lipinski definition) is 1. The van der Waals surface area contributed by atoms with Crippen molar-refractivity contribution in [3.8, 4) is 5.88 Å². The van der Waals surface area contributed by atoms with Crippen molar-refractivity contribution in [2.75, 3.05) is 42.0 Å². The third-order valence-corrected chi connectivity index (χ3v) is 7.81. The summed E-state index contributed by atoms with van der Waals surface area (Å²) < 4.78 is 71.0. The third-order valence-electron chi connectivity index (χ3n) is 7.81. The van der Waals surface area contributed by atoms with E-state index in [0.29, 0.717) is 49.5 Å². The van der Waals surface area contributed by atoms with Crippen LogP contribution < -0.4 is 19.9 Å². The van der Waals surface area contributed by atoms with E-state index >= 15 is 0 Å². The lowest BCUT2D eigenvalue weighted by molar-refractivity contribution is -0.143. The molecule has 48 heavy (non-hydrogen) atoms. The lowest BCUT2D eigenvalue weighted by Gasteiger charge is -2.43. The van der Waals surface area contributed by atoms with Gasteiger partial charge in [0.25, 0.3) is 0 Å². The van der Waals surface area contributed by atoms with E-state index < -0.39 is 30.5 Å². The number of amides is 1. The van der Waals surface area contributed by atoms with Gasteiger partial charge in [-0.1, -0.05) is 13.0 Å². The second-order valence-corrected chi connectivity index (χ2v) is 11.0. The van der Waals surface area contributed by atoms with Crippen molar-refractivity contribution in [3.05, 3.63) is 65.1 Å². The minimum absolute atomic E-state index is 0.119. The van der Waals surface area contributed by atoms with Gasteiger partial charge in [-0.15, -0.1) is 0 Å². The van der Waals surface area contributed by atoms with Crippen molar-refractivity contribution in [1.29, 1.82) is 0 Å². The SMILES string of the molecule is CCOC(=O)CCCNc1cnc(N(Cc2cc(CF)cc(C(F)(F)F)c2)[C@H]2C[C@@H](CC)N(C(=O)OCC)c3ccc(OC)nc32)nc1. The molecule has 0 bridgehead atoms. The predicted molar refractivity (Wildman–Crippen MR) is 171 cm³/mol. The third kappa shape index (κ3) is 8.81. The van der Waals surface area contributed by atoms with Crippen LogP contribution in [0, 0.1) is 0 Å². The number of carbonyl (C=O) groups is 2. The standard InChI is InChI=1S/C33H40F4N6O5/c1-5-25-16-27(30-26(10-11-28(41-30)46-4)43(25)32(45)48-7-3)42(20-22-13-21(17-34)14-23(15-22)33(35,36)37)31-39-18-24(19-40-31)38-12-8-9-29(44)47-6-2/h10-11,13-15,18-19,25,27,38H,5-9,12,16-17,20H2,1-4H3/t25-,27+/m1/s1. The summed E-state index contributed by atoms with van der Waals surface area (Å²) in [7, 11) is 1.45. The number of aromatic nitrogens is 3. The van der Waals surface area contributed by atoms with Crippen molar-refractivity contribution >= 4 is 29.4 Å². The van der Waals surface area contributed by atoms with Crippen LogP contribution in [0.5, 0.6) is 5.88 Å². The molecule has 0 saturated carbocycles. The van der Waals surface area contributed by atoms with E-state index in [0.717, 1.165) is 12.1 Å². The molecule has 0 fully saturated rings. The number of ether oxygens (including phenoxy) is 3. The van der Waals surface area contributed by atoms with Crippen LogP contribution in [0.15, 0.2) is 42.7 Å². The fraction of sp³-hybridized carbons (Fsp3) is 0.485. The second kappa shape index (κ2) is 16.4. The number of hydrogen-bond acceptors (Lipinski definition) is 10. The van der Waals surface area contributed by atoms with Gasteiger partial charge < -0.3 is 24.4 Å². The smallest absolute Gasteiger partial charge is 0.416 e. The van der Waals surface area contributed by atoms with Gasteiger partial charge in [0, 0.05) is 31.6 Å². The Morgan fingerprint density at radius 2 is 1.75 bits per heavy atom. The number of nitrogens with one attached hydrogen (secondary N) is 1. The number of pyridine rings is 1. The number of rotatable bonds is 14. The van der Waals surface area contributed by atoms with Crippen LogP contribution >= 0.6 is 0 Å². The first-order valence-electron chi connectivity index (χ1n) is 15.8. The van der Waals surface area contributed by atoms with Crippen molar-refractivity contribution in [2.24, 2.45) is 0 Å². The fourth-order valence-electron chi connectivity index (χ4n) is 5.62. The van der Waals surface area contributed by atoms with Gasteiger partial charge in [-0.05, 0) is 62.4 Å². The second-order valence-electron chi connectivity index (χ2n) is 11.0. The molecule has 0 saturated heterocycles. The van der Waals surface area contributed by atoms with Gasteiger partial charge in [-0.3, -0.25) is 9.69 Å². The normalized spacial score (nSPS) is 15.8. The zero-order valence-electron chi connectivity index (χ0n) is 27.3. The predicted octanol–water partition coefficient (Wildman–Crippen LogP) is 7.02. The summed E-state index contributed by atoms with van der Waals surface area (Å²) in [4.78, 5) is 41.9. The first kappa shape index (κ1) is 36.2. The molecular weight excluding hydrogens is 636 g/mol. The van der Waals surface area contributed by atoms with Gasteiger partial charge in [-0.25, -0.2) is 24.1 Å². The summed E-state index contributed by atoms with van der Waals surface area (Å²) in [6.07, 6.45) is -0.600. The molecule has 1 aliphatic heterocycles. The quantitative estimate of drug-likeness (QED) is 0.108. The van der Waals surface area contributed by atoms with Crippen LogP contribution in [0.4, 0.5) is 39.7 Å². The highest BCUT2D eigenvalue weighted by Crippen LogP contribution is 2.43. The fourth-order valence-corrected chi connectivity index (χ4v) is 5.62. The summed E-state index contributed by atoms with van der Waals surface area (Å²) in [6.45, 7) is 5.05. The molecule has 1 amide bonds. The van der Waals surface area contributed by atoms with E-state index in [1.54, 1.807) is 30.9 Å². The van der Waals surface area contributed by atoms with Crippen molar-refractivity contribution in [3.63, 3.8) is 0 Å². The number of anilines is 3. The molecule has 2 atom stereocenters. The van der Waals surface area contributed by atoms with Crippen LogP contribution in [0.2, 0.25) is 0 Å². The Balaban J connectivity index is 1.77. The Bertz CT molecular complexity index is 1540. The van der Waals surface area contributed by atoms with Gasteiger partial charge in [-0.2, -0.15) is 13.2 Å². The summed E-state index contributed by atoms with van der Waals surface area (Å²) >= 11 is 0. The summed E-state index contributed by atoms with van der Waals surface area (Å²) in [5, 5.41) is 3.15. The molecular formula is C33H40F4N6O5. The van der Waals surface area contributed by atoms with Gasteiger partial charge in [0.2, 0.25) is 11.8 Å². The number of nitrogens with zero attached hydrogens (tertiary/aromatic N) is 5. The van der Waals surface area contributed by atoms with Gasteiger partial charge >= 0.3 is 18.2 Å². The minimum atomic E-state index is -4.69. The van der Waals surface area contributed by atoms with Crippen molar-refractivity contribution < 1.29 is 41.4 Å². The summed E-state index contributed by atoms with van der Waals surface area (Å²) in [6, 6.07) is 5.45. The maximum Gasteiger partial charge on any atom is 0.416 e. The number of carbonyl (C=O) groups excluding carboxylic acids is 2. The lowest BCUT2D eigenvalue weighted by atomic mass is 9.92. The Morgan fingerprint density at radius 1 is 1.04 bits per heavy atom. The Kier molecular flexibility index (Phi) is 12.4. The average molecular weight is 677 g/mol.